The number of benzene rings is 3. The monoisotopic (exact) mass is 416 g/mol. The van der Waals surface area contributed by atoms with E-state index in [2.05, 4.69) is 5.32 Å². The van der Waals surface area contributed by atoms with Crippen LogP contribution < -0.4 is 14.8 Å². The average molecular weight is 416 g/mol. The predicted octanol–water partition coefficient (Wildman–Crippen LogP) is 5.22. The van der Waals surface area contributed by atoms with Gasteiger partial charge in [-0.1, -0.05) is 42.0 Å². The smallest absolute Gasteiger partial charge is 0.262 e. The number of nitrogens with one attached hydrogen (secondary N) is 1. The van der Waals surface area contributed by atoms with E-state index >= 15 is 0 Å². The Hall–Kier alpha value is -4.11. The van der Waals surface area contributed by atoms with Crippen LogP contribution in [0, 0.1) is 24.1 Å². The van der Waals surface area contributed by atoms with Crippen LogP contribution in [0.2, 0.25) is 0 Å². The number of halogens is 1. The zero-order valence-electron chi connectivity index (χ0n) is 17.2. The number of amides is 1. The zero-order chi connectivity index (χ0) is 22.2. The lowest BCUT2D eigenvalue weighted by Crippen LogP contribution is -2.20. The Bertz CT molecular complexity index is 1150. The maximum Gasteiger partial charge on any atom is 0.262 e. The minimum atomic E-state index is -0.471. The number of aryl methyl sites for hydroxylation is 1. The van der Waals surface area contributed by atoms with E-state index in [1.807, 2.05) is 37.3 Å². The topological polar surface area (TPSA) is 71.3 Å². The van der Waals surface area contributed by atoms with Crippen LogP contribution in [0.4, 0.5) is 10.1 Å². The van der Waals surface area contributed by atoms with E-state index in [1.165, 1.54) is 13.2 Å². The van der Waals surface area contributed by atoms with Crippen molar-refractivity contribution in [3.8, 4) is 17.6 Å². The van der Waals surface area contributed by atoms with Crippen LogP contribution in [0.1, 0.15) is 16.7 Å². The second kappa shape index (κ2) is 10.1. The number of anilines is 1. The third-order valence-corrected chi connectivity index (χ3v) is 4.48. The van der Waals surface area contributed by atoms with Gasteiger partial charge in [0.2, 0.25) is 0 Å². The standard InChI is InChI=1S/C25H21FN2O3/c1-17-7-10-20(11-8-17)28-25(29)16-31-23-12-9-18(14-24(23)30-2)13-19(15-27)21-5-3-4-6-22(21)26/h3-14H,16H2,1-2H3,(H,28,29). The largest absolute Gasteiger partial charge is 0.493 e. The van der Waals surface area contributed by atoms with Crippen molar-refractivity contribution in [2.24, 2.45) is 0 Å². The first-order chi connectivity index (χ1) is 15.0. The number of nitriles is 1. The minimum Gasteiger partial charge on any atom is -0.493 e. The Morgan fingerprint density at radius 2 is 1.84 bits per heavy atom. The fraction of sp³-hybridized carbons (Fsp3) is 0.120. The number of carbonyl (C=O) groups excluding carboxylic acids is 1. The van der Waals surface area contributed by atoms with Crippen LogP contribution in [-0.2, 0) is 4.79 Å². The molecule has 5 nitrogen and oxygen atoms in total. The van der Waals surface area contributed by atoms with Gasteiger partial charge in [-0.15, -0.1) is 0 Å². The second-order valence-electron chi connectivity index (χ2n) is 6.76. The SMILES string of the molecule is COc1cc(C=C(C#N)c2ccccc2F)ccc1OCC(=O)Nc1ccc(C)cc1. The lowest BCUT2D eigenvalue weighted by atomic mass is 10.0. The van der Waals surface area contributed by atoms with Crippen LogP contribution in [0.25, 0.3) is 11.6 Å². The van der Waals surface area contributed by atoms with Gasteiger partial charge >= 0.3 is 0 Å². The van der Waals surface area contributed by atoms with Crippen molar-refractivity contribution >= 4 is 23.2 Å². The van der Waals surface area contributed by atoms with Gasteiger partial charge in [0.25, 0.3) is 5.91 Å². The molecule has 3 aromatic carbocycles. The average Bonchev–Trinajstić information content (AvgIpc) is 2.78. The quantitative estimate of drug-likeness (QED) is 0.423. The molecular formula is C25H21FN2O3. The molecule has 0 aliphatic heterocycles. The highest BCUT2D eigenvalue weighted by atomic mass is 19.1. The molecule has 0 atom stereocenters. The molecule has 0 unspecified atom stereocenters. The molecule has 3 aromatic rings. The molecule has 0 spiro atoms. The minimum absolute atomic E-state index is 0.186. The van der Waals surface area contributed by atoms with Crippen LogP contribution in [-0.4, -0.2) is 19.6 Å². The van der Waals surface area contributed by atoms with Crippen molar-refractivity contribution in [3.63, 3.8) is 0 Å². The molecule has 0 aliphatic carbocycles. The number of ether oxygens (including phenoxy) is 2. The fourth-order valence-corrected chi connectivity index (χ4v) is 2.89. The van der Waals surface area contributed by atoms with Crippen molar-refractivity contribution in [2.45, 2.75) is 6.92 Å². The highest BCUT2D eigenvalue weighted by Gasteiger charge is 2.11. The molecule has 0 saturated heterocycles. The van der Waals surface area contributed by atoms with Crippen molar-refractivity contribution in [2.75, 3.05) is 19.0 Å². The summed E-state index contributed by atoms with van der Waals surface area (Å²) in [7, 11) is 1.48. The number of rotatable bonds is 7. The van der Waals surface area contributed by atoms with Gasteiger partial charge < -0.3 is 14.8 Å². The zero-order valence-corrected chi connectivity index (χ0v) is 17.2. The molecule has 31 heavy (non-hydrogen) atoms. The van der Waals surface area contributed by atoms with E-state index in [4.69, 9.17) is 9.47 Å². The summed E-state index contributed by atoms with van der Waals surface area (Å²) in [5.74, 6) is -0.00572. The normalized spacial score (nSPS) is 10.8. The van der Waals surface area contributed by atoms with Crippen molar-refractivity contribution in [3.05, 3.63) is 89.2 Å². The van der Waals surface area contributed by atoms with Gasteiger partial charge in [0, 0.05) is 11.3 Å². The Morgan fingerprint density at radius 3 is 2.52 bits per heavy atom. The summed E-state index contributed by atoms with van der Waals surface area (Å²) in [4.78, 5) is 12.2. The molecule has 0 aliphatic rings. The Kier molecular flexibility index (Phi) is 7.02. The molecule has 0 radical (unpaired) electrons. The van der Waals surface area contributed by atoms with Crippen LogP contribution in [0.15, 0.2) is 66.7 Å². The molecule has 3 rings (SSSR count). The molecule has 0 aromatic heterocycles. The third kappa shape index (κ3) is 5.71. The summed E-state index contributed by atoms with van der Waals surface area (Å²) < 4.78 is 25.0. The van der Waals surface area contributed by atoms with Crippen LogP contribution >= 0.6 is 0 Å². The second-order valence-corrected chi connectivity index (χ2v) is 6.76. The Balaban J connectivity index is 1.72. The number of nitrogens with zero attached hydrogens (tertiary/aromatic N) is 1. The maximum atomic E-state index is 14.0. The predicted molar refractivity (Wildman–Crippen MR) is 118 cm³/mol. The van der Waals surface area contributed by atoms with Gasteiger partial charge in [0.15, 0.2) is 18.1 Å². The van der Waals surface area contributed by atoms with Gasteiger partial charge in [0.1, 0.15) is 5.82 Å². The highest BCUT2D eigenvalue weighted by molar-refractivity contribution is 5.92. The summed E-state index contributed by atoms with van der Waals surface area (Å²) in [6.07, 6.45) is 1.56. The summed E-state index contributed by atoms with van der Waals surface area (Å²) >= 11 is 0. The van der Waals surface area contributed by atoms with Crippen LogP contribution in [0.5, 0.6) is 11.5 Å². The lowest BCUT2D eigenvalue weighted by molar-refractivity contribution is -0.118. The van der Waals surface area contributed by atoms with E-state index in [1.54, 1.807) is 42.5 Å². The first-order valence-electron chi connectivity index (χ1n) is 9.54. The molecule has 0 bridgehead atoms. The van der Waals surface area contributed by atoms with E-state index in [0.29, 0.717) is 22.7 Å². The van der Waals surface area contributed by atoms with Gasteiger partial charge in [-0.2, -0.15) is 5.26 Å². The maximum absolute atomic E-state index is 14.0. The van der Waals surface area contributed by atoms with Gasteiger partial charge in [0.05, 0.1) is 18.8 Å². The van der Waals surface area contributed by atoms with Gasteiger partial charge in [-0.05, 0) is 48.9 Å². The number of allylic oxidation sites excluding steroid dienone is 1. The molecule has 1 amide bonds. The van der Waals surface area contributed by atoms with E-state index in [0.717, 1.165) is 5.56 Å². The van der Waals surface area contributed by atoms with E-state index in [9.17, 15) is 14.4 Å². The van der Waals surface area contributed by atoms with Crippen LogP contribution in [0.3, 0.4) is 0 Å². The number of carbonyl (C=O) groups is 1. The molecule has 0 heterocycles. The van der Waals surface area contributed by atoms with Crippen molar-refractivity contribution in [1.82, 2.24) is 0 Å². The summed E-state index contributed by atoms with van der Waals surface area (Å²) in [6.45, 7) is 1.77. The van der Waals surface area contributed by atoms with Gasteiger partial charge in [-0.25, -0.2) is 4.39 Å². The van der Waals surface area contributed by atoms with Crippen molar-refractivity contribution in [1.29, 1.82) is 5.26 Å². The number of hydrogen-bond donors (Lipinski definition) is 1. The summed E-state index contributed by atoms with van der Waals surface area (Å²) in [5.41, 5.74) is 2.82. The molecule has 156 valence electrons. The Morgan fingerprint density at radius 1 is 1.10 bits per heavy atom. The molecule has 6 heteroatoms. The molecule has 0 saturated carbocycles. The number of methoxy groups -OCH3 is 1. The summed E-state index contributed by atoms with van der Waals surface area (Å²) in [5, 5.41) is 12.2. The van der Waals surface area contributed by atoms with E-state index < -0.39 is 5.82 Å². The lowest BCUT2D eigenvalue weighted by Gasteiger charge is -2.12. The number of hydrogen-bond acceptors (Lipinski definition) is 4. The molecule has 1 N–H and O–H groups in total. The Labute approximate surface area is 180 Å². The van der Waals surface area contributed by atoms with E-state index in [-0.39, 0.29) is 23.7 Å². The first-order valence-corrected chi connectivity index (χ1v) is 9.54. The summed E-state index contributed by atoms with van der Waals surface area (Å²) in [6, 6.07) is 20.6. The fourth-order valence-electron chi connectivity index (χ4n) is 2.89. The van der Waals surface area contributed by atoms with Gasteiger partial charge in [-0.3, -0.25) is 4.79 Å². The van der Waals surface area contributed by atoms with Crippen molar-refractivity contribution < 1.29 is 18.7 Å². The third-order valence-electron chi connectivity index (χ3n) is 4.48. The first kappa shape index (κ1) is 21.6. The highest BCUT2D eigenvalue weighted by Crippen LogP contribution is 2.30. The molecular weight excluding hydrogens is 395 g/mol. The molecule has 0 fully saturated rings.